The van der Waals surface area contributed by atoms with Crippen LogP contribution in [-0.4, -0.2) is 13.2 Å². The number of rotatable bonds is 31. The van der Waals surface area contributed by atoms with E-state index in [0.717, 1.165) is 65.0 Å². The van der Waals surface area contributed by atoms with Gasteiger partial charge in [-0.2, -0.15) is 4.57 Å². The Hall–Kier alpha value is -2.63. The van der Waals surface area contributed by atoms with Gasteiger partial charge in [0.25, 0.3) is 0 Å². The van der Waals surface area contributed by atoms with E-state index < -0.39 is 7.82 Å². The van der Waals surface area contributed by atoms with Gasteiger partial charge in [-0.05, 0) is 64.3 Å². The van der Waals surface area contributed by atoms with Crippen molar-refractivity contribution in [2.45, 2.75) is 252 Å². The minimum atomic E-state index is -4.50. The molecule has 0 aliphatic carbocycles. The van der Waals surface area contributed by atoms with E-state index in [1.807, 2.05) is 30.3 Å². The Morgan fingerprint density at radius 1 is 0.418 bits per heavy atom. The molecule has 0 aromatic heterocycles. The smallest absolute Gasteiger partial charge is 0.493 e. The summed E-state index contributed by atoms with van der Waals surface area (Å²) in [4.78, 5) is 0. The number of unbranched alkanes of at least 4 members (excludes halogenated alkanes) is 18. The fourth-order valence-corrected chi connectivity index (χ4v) is 10.1. The summed E-state index contributed by atoms with van der Waals surface area (Å²) < 4.78 is 49.3. The van der Waals surface area contributed by atoms with Crippen LogP contribution in [0, 0.1) is 0 Å². The SMILES string of the molecule is CCCCCCCCCCCCOc1cc(OP(=O)(Oc2cccc(CBr)c2)Oc2cc(OCCCCCCCCCCCC)c(C(C)(C)C)cc2C(C)(C)C)c(C(C)(C)C)cc1C(C)(C)C. The quantitative estimate of drug-likeness (QED) is 0.0364. The lowest BCUT2D eigenvalue weighted by Gasteiger charge is -2.32. The van der Waals surface area contributed by atoms with Crippen LogP contribution in [0.2, 0.25) is 0 Å². The van der Waals surface area contributed by atoms with Crippen LogP contribution >= 0.6 is 23.8 Å². The van der Waals surface area contributed by atoms with Gasteiger partial charge in [-0.25, -0.2) is 0 Å². The summed E-state index contributed by atoms with van der Waals surface area (Å²) in [5.41, 5.74) is 3.71. The van der Waals surface area contributed by atoms with Crippen LogP contribution in [0.5, 0.6) is 28.7 Å². The van der Waals surface area contributed by atoms with E-state index in [9.17, 15) is 0 Å². The van der Waals surface area contributed by atoms with E-state index in [4.69, 9.17) is 23.0 Å². The lowest BCUT2D eigenvalue weighted by molar-refractivity contribution is 0.281. The molecule has 3 aromatic carbocycles. The van der Waals surface area contributed by atoms with Gasteiger partial charge in [0.1, 0.15) is 28.7 Å². The second-order valence-electron chi connectivity index (χ2n) is 23.3. The standard InChI is InChI=1S/C59H96BrO6P/c1-15-17-19-21-23-25-27-29-31-33-38-62-52-43-54(50(58(9,10)11)41-48(52)56(3,4)5)65-67(61,64-47-37-35-36-46(40-47)45-60)66-55-44-53(49(57(6,7)8)42-51(55)59(12,13)14)63-39-34-32-30-28-26-24-22-20-18-16-2/h35-37,40-44H,15-34,38-39,45H2,1-14H3. The molecule has 380 valence electrons. The lowest BCUT2D eigenvalue weighted by Crippen LogP contribution is -2.21. The molecular formula is C59H96BrO6P. The molecule has 0 saturated carbocycles. The Kier molecular flexibility index (Phi) is 24.8. The highest BCUT2D eigenvalue weighted by atomic mass is 79.9. The van der Waals surface area contributed by atoms with E-state index >= 15 is 4.57 Å². The largest absolute Gasteiger partial charge is 0.647 e. The molecule has 0 radical (unpaired) electrons. The monoisotopic (exact) mass is 1010 g/mol. The number of halogens is 1. The highest BCUT2D eigenvalue weighted by Crippen LogP contribution is 2.55. The summed E-state index contributed by atoms with van der Waals surface area (Å²) in [7, 11) is -4.50. The van der Waals surface area contributed by atoms with Gasteiger partial charge in [-0.3, -0.25) is 0 Å². The van der Waals surface area contributed by atoms with Crippen LogP contribution in [0.1, 0.15) is 253 Å². The summed E-state index contributed by atoms with van der Waals surface area (Å²) >= 11 is 3.59. The van der Waals surface area contributed by atoms with E-state index in [1.165, 1.54) is 103 Å². The zero-order valence-electron chi connectivity index (χ0n) is 45.2. The maximum Gasteiger partial charge on any atom is 0.647 e. The van der Waals surface area contributed by atoms with Gasteiger partial charge in [0.2, 0.25) is 0 Å². The van der Waals surface area contributed by atoms with Crippen molar-refractivity contribution in [1.82, 2.24) is 0 Å². The first-order chi connectivity index (χ1) is 31.5. The van der Waals surface area contributed by atoms with Crippen molar-refractivity contribution in [3.8, 4) is 28.7 Å². The molecule has 8 heteroatoms. The van der Waals surface area contributed by atoms with Crippen molar-refractivity contribution >= 4 is 23.8 Å². The minimum Gasteiger partial charge on any atom is -0.493 e. The predicted molar refractivity (Wildman–Crippen MR) is 291 cm³/mol. The molecule has 67 heavy (non-hydrogen) atoms. The third-order valence-corrected chi connectivity index (χ3v) is 14.5. The summed E-state index contributed by atoms with van der Waals surface area (Å²) in [5.74, 6) is 2.68. The second kappa shape index (κ2) is 28.3. The molecule has 0 spiro atoms. The van der Waals surface area contributed by atoms with Crippen molar-refractivity contribution < 1.29 is 27.6 Å². The Bertz CT molecular complexity index is 1820. The third-order valence-electron chi connectivity index (χ3n) is 12.6. The molecule has 0 aliphatic heterocycles. The first-order valence-electron chi connectivity index (χ1n) is 26.5. The highest BCUT2D eigenvalue weighted by molar-refractivity contribution is 9.08. The van der Waals surface area contributed by atoms with Gasteiger partial charge in [0.15, 0.2) is 0 Å². The maximum absolute atomic E-state index is 15.8. The van der Waals surface area contributed by atoms with Crippen LogP contribution in [0.25, 0.3) is 0 Å². The predicted octanol–water partition coefficient (Wildman–Crippen LogP) is 20.0. The summed E-state index contributed by atoms with van der Waals surface area (Å²) in [5, 5.41) is 0.612. The molecule has 6 nitrogen and oxygen atoms in total. The number of hydrogen-bond acceptors (Lipinski definition) is 6. The number of benzene rings is 3. The fourth-order valence-electron chi connectivity index (χ4n) is 8.51. The van der Waals surface area contributed by atoms with Crippen molar-refractivity contribution in [1.29, 1.82) is 0 Å². The normalized spacial score (nSPS) is 12.6. The summed E-state index contributed by atoms with van der Waals surface area (Å²) in [6.45, 7) is 31.9. The van der Waals surface area contributed by atoms with Gasteiger partial charge in [0.05, 0.1) is 13.2 Å². The van der Waals surface area contributed by atoms with Gasteiger partial charge in [-0.1, -0.05) is 241 Å². The van der Waals surface area contributed by atoms with Crippen molar-refractivity contribution in [2.75, 3.05) is 13.2 Å². The number of alkyl halides is 1. The van der Waals surface area contributed by atoms with Crippen molar-refractivity contribution in [3.63, 3.8) is 0 Å². The van der Waals surface area contributed by atoms with Gasteiger partial charge in [-0.15, -0.1) is 0 Å². The molecule has 3 rings (SSSR count). The third kappa shape index (κ3) is 21.1. The molecule has 3 aromatic rings. The van der Waals surface area contributed by atoms with E-state index in [0.29, 0.717) is 35.8 Å². The summed E-state index contributed by atoms with van der Waals surface area (Å²) in [6.07, 6.45) is 25.1. The Morgan fingerprint density at radius 2 is 0.746 bits per heavy atom. The number of ether oxygens (including phenoxy) is 2. The average molecular weight is 1010 g/mol. The zero-order valence-corrected chi connectivity index (χ0v) is 47.6. The van der Waals surface area contributed by atoms with Crippen LogP contribution in [0.3, 0.4) is 0 Å². The van der Waals surface area contributed by atoms with Crippen LogP contribution in [0.15, 0.2) is 48.5 Å². The first-order valence-corrected chi connectivity index (χ1v) is 29.1. The van der Waals surface area contributed by atoms with Gasteiger partial charge >= 0.3 is 7.82 Å². The van der Waals surface area contributed by atoms with Crippen molar-refractivity contribution in [2.24, 2.45) is 0 Å². The van der Waals surface area contributed by atoms with Gasteiger partial charge in [0, 0.05) is 39.7 Å². The van der Waals surface area contributed by atoms with E-state index in [2.05, 4.69) is 125 Å². The van der Waals surface area contributed by atoms with Crippen molar-refractivity contribution in [3.05, 3.63) is 76.3 Å². The lowest BCUT2D eigenvalue weighted by atomic mass is 9.79. The molecule has 0 saturated heterocycles. The van der Waals surface area contributed by atoms with E-state index in [1.54, 1.807) is 6.07 Å². The second-order valence-corrected chi connectivity index (χ2v) is 25.3. The molecule has 0 heterocycles. The van der Waals surface area contributed by atoms with Crippen LogP contribution in [0.4, 0.5) is 0 Å². The fraction of sp³-hybridized carbons (Fsp3) is 0.695. The van der Waals surface area contributed by atoms with Gasteiger partial charge < -0.3 is 23.0 Å². The topological polar surface area (TPSA) is 63.2 Å². The molecule has 0 aliphatic rings. The highest BCUT2D eigenvalue weighted by Gasteiger charge is 2.39. The average Bonchev–Trinajstić information content (AvgIpc) is 3.23. The molecule has 0 amide bonds. The Labute approximate surface area is 419 Å². The zero-order chi connectivity index (χ0) is 49.7. The molecule has 0 N–H and O–H groups in total. The maximum atomic E-state index is 15.8. The number of hydrogen-bond donors (Lipinski definition) is 0. The molecule has 0 unspecified atom stereocenters. The first kappa shape index (κ1) is 58.7. The molecule has 0 atom stereocenters. The molecule has 0 bridgehead atoms. The number of phosphoric acid groups is 1. The van der Waals surface area contributed by atoms with Crippen LogP contribution in [-0.2, 0) is 31.6 Å². The molecule has 0 fully saturated rings. The number of phosphoric ester groups is 1. The van der Waals surface area contributed by atoms with E-state index in [-0.39, 0.29) is 21.7 Å². The molecular weight excluding hydrogens is 916 g/mol. The Balaban J connectivity index is 2.04. The minimum absolute atomic E-state index is 0.223. The Morgan fingerprint density at radius 3 is 1.07 bits per heavy atom. The van der Waals surface area contributed by atoms with Crippen LogP contribution < -0.4 is 23.0 Å². The summed E-state index contributed by atoms with van der Waals surface area (Å²) in [6, 6.07) is 15.8.